The Morgan fingerprint density at radius 3 is 1.92 bits per heavy atom. The van der Waals surface area contributed by atoms with Crippen LogP contribution < -0.4 is 4.74 Å². The zero-order chi connectivity index (χ0) is 16.8. The molecule has 2 nitrogen and oxygen atoms in total. The molecule has 0 bridgehead atoms. The number of ketones is 1. The summed E-state index contributed by atoms with van der Waals surface area (Å²) in [6.07, 6.45) is 1.69. The normalized spacial score (nSPS) is 10.2. The summed E-state index contributed by atoms with van der Waals surface area (Å²) >= 11 is 0. The predicted molar refractivity (Wildman–Crippen MR) is 97.4 cm³/mol. The molecule has 0 unspecified atom stereocenters. The van der Waals surface area contributed by atoms with E-state index >= 15 is 0 Å². The van der Waals surface area contributed by atoms with E-state index in [0.29, 0.717) is 17.7 Å². The molecule has 0 radical (unpaired) electrons. The smallest absolute Gasteiger partial charge is 0.193 e. The number of benzene rings is 3. The molecule has 0 aliphatic heterocycles. The van der Waals surface area contributed by atoms with Gasteiger partial charge in [0.25, 0.3) is 0 Å². The lowest BCUT2D eigenvalue weighted by atomic mass is 9.99. The van der Waals surface area contributed by atoms with Crippen LogP contribution in [-0.4, -0.2) is 12.4 Å². The highest BCUT2D eigenvalue weighted by Crippen LogP contribution is 2.21. The van der Waals surface area contributed by atoms with E-state index in [-0.39, 0.29) is 5.78 Å². The van der Waals surface area contributed by atoms with Crippen LogP contribution in [0, 0.1) is 0 Å². The van der Waals surface area contributed by atoms with Gasteiger partial charge in [0.2, 0.25) is 0 Å². The van der Waals surface area contributed by atoms with Gasteiger partial charge in [-0.1, -0.05) is 67.3 Å². The number of rotatable bonds is 6. The van der Waals surface area contributed by atoms with Crippen LogP contribution in [0.25, 0.3) is 11.1 Å². The van der Waals surface area contributed by atoms with Crippen molar-refractivity contribution in [3.8, 4) is 16.9 Å². The molecule has 0 spiro atoms. The summed E-state index contributed by atoms with van der Waals surface area (Å²) in [6.45, 7) is 4.06. The minimum atomic E-state index is 0.00452. The Morgan fingerprint density at radius 2 is 1.33 bits per heavy atom. The van der Waals surface area contributed by atoms with E-state index in [1.165, 1.54) is 0 Å². The Balaban J connectivity index is 1.76. The molecule has 0 atom stereocenters. The van der Waals surface area contributed by atoms with Gasteiger partial charge in [0.05, 0.1) is 0 Å². The first-order valence-electron chi connectivity index (χ1n) is 7.82. The first-order valence-corrected chi connectivity index (χ1v) is 7.82. The molecule has 0 N–H and O–H groups in total. The van der Waals surface area contributed by atoms with Gasteiger partial charge >= 0.3 is 0 Å². The van der Waals surface area contributed by atoms with E-state index in [1.807, 2.05) is 42.5 Å². The second kappa shape index (κ2) is 7.42. The van der Waals surface area contributed by atoms with E-state index < -0.39 is 0 Å². The van der Waals surface area contributed by atoms with Crippen LogP contribution in [0.5, 0.6) is 5.75 Å². The van der Waals surface area contributed by atoms with Crippen LogP contribution in [0.3, 0.4) is 0 Å². The minimum Gasteiger partial charge on any atom is -0.490 e. The largest absolute Gasteiger partial charge is 0.490 e. The molecule has 24 heavy (non-hydrogen) atoms. The Labute approximate surface area is 142 Å². The Morgan fingerprint density at radius 1 is 0.792 bits per heavy atom. The average molecular weight is 314 g/mol. The van der Waals surface area contributed by atoms with Gasteiger partial charge in [-0.2, -0.15) is 0 Å². The quantitative estimate of drug-likeness (QED) is 0.464. The second-order valence-electron chi connectivity index (χ2n) is 5.40. The number of carbonyl (C=O) groups excluding carboxylic acids is 1. The molecule has 0 amide bonds. The first-order chi connectivity index (χ1) is 11.8. The summed E-state index contributed by atoms with van der Waals surface area (Å²) in [7, 11) is 0. The first kappa shape index (κ1) is 15.8. The van der Waals surface area contributed by atoms with Gasteiger partial charge in [0.15, 0.2) is 5.78 Å². The fourth-order valence-corrected chi connectivity index (χ4v) is 2.47. The molecule has 0 aromatic heterocycles. The zero-order valence-corrected chi connectivity index (χ0v) is 13.3. The van der Waals surface area contributed by atoms with Crippen molar-refractivity contribution in [1.82, 2.24) is 0 Å². The summed E-state index contributed by atoms with van der Waals surface area (Å²) in [5.74, 6) is 0.732. The van der Waals surface area contributed by atoms with E-state index in [9.17, 15) is 4.79 Å². The van der Waals surface area contributed by atoms with E-state index in [2.05, 4.69) is 18.7 Å². The van der Waals surface area contributed by atoms with Gasteiger partial charge in [0.1, 0.15) is 12.4 Å². The number of hydrogen-bond donors (Lipinski definition) is 0. The van der Waals surface area contributed by atoms with Gasteiger partial charge in [0, 0.05) is 11.1 Å². The highest BCUT2D eigenvalue weighted by Gasteiger charge is 2.09. The third-order valence-corrected chi connectivity index (χ3v) is 3.74. The van der Waals surface area contributed by atoms with Gasteiger partial charge in [-0.3, -0.25) is 4.79 Å². The minimum absolute atomic E-state index is 0.00452. The Hall–Kier alpha value is -3.13. The maximum absolute atomic E-state index is 12.6. The molecule has 0 aliphatic rings. The lowest BCUT2D eigenvalue weighted by molar-refractivity contribution is 0.103. The van der Waals surface area contributed by atoms with E-state index in [0.717, 1.165) is 16.9 Å². The molecule has 3 rings (SSSR count). The van der Waals surface area contributed by atoms with Gasteiger partial charge < -0.3 is 4.74 Å². The highest BCUT2D eigenvalue weighted by molar-refractivity contribution is 6.09. The van der Waals surface area contributed by atoms with Crippen LogP contribution in [0.1, 0.15) is 15.9 Å². The lowest BCUT2D eigenvalue weighted by Crippen LogP contribution is -2.01. The van der Waals surface area contributed by atoms with Crippen LogP contribution >= 0.6 is 0 Å². The van der Waals surface area contributed by atoms with Crippen LogP contribution in [0.4, 0.5) is 0 Å². The molecule has 0 saturated heterocycles. The van der Waals surface area contributed by atoms with Crippen molar-refractivity contribution in [2.45, 2.75) is 0 Å². The standard InChI is InChI=1S/C22H18O2/c1-2-16-24-21-14-12-20(13-15-21)22(23)19-10-8-18(9-11-19)17-6-4-3-5-7-17/h2-15H,1,16H2. The molecule has 0 saturated carbocycles. The number of ether oxygens (including phenoxy) is 1. The predicted octanol–water partition coefficient (Wildman–Crippen LogP) is 5.15. The zero-order valence-electron chi connectivity index (χ0n) is 13.3. The van der Waals surface area contributed by atoms with E-state index in [4.69, 9.17) is 4.74 Å². The Kier molecular flexibility index (Phi) is 4.87. The summed E-state index contributed by atoms with van der Waals surface area (Å²) < 4.78 is 5.43. The average Bonchev–Trinajstić information content (AvgIpc) is 2.67. The summed E-state index contributed by atoms with van der Waals surface area (Å²) in [4.78, 5) is 12.6. The van der Waals surface area contributed by atoms with Crippen molar-refractivity contribution in [1.29, 1.82) is 0 Å². The topological polar surface area (TPSA) is 26.3 Å². The molecule has 118 valence electrons. The third kappa shape index (κ3) is 3.61. The van der Waals surface area contributed by atoms with Crippen molar-refractivity contribution in [3.63, 3.8) is 0 Å². The van der Waals surface area contributed by atoms with Crippen molar-refractivity contribution >= 4 is 5.78 Å². The molecule has 2 heteroatoms. The van der Waals surface area contributed by atoms with Crippen LogP contribution in [0.15, 0.2) is 91.5 Å². The SMILES string of the molecule is C=CCOc1ccc(C(=O)c2ccc(-c3ccccc3)cc2)cc1. The highest BCUT2D eigenvalue weighted by atomic mass is 16.5. The summed E-state index contributed by atoms with van der Waals surface area (Å²) in [5.41, 5.74) is 3.56. The molecular formula is C22H18O2. The second-order valence-corrected chi connectivity index (χ2v) is 5.40. The van der Waals surface area contributed by atoms with Crippen LogP contribution in [-0.2, 0) is 0 Å². The summed E-state index contributed by atoms with van der Waals surface area (Å²) in [5, 5.41) is 0. The fraction of sp³-hybridized carbons (Fsp3) is 0.0455. The van der Waals surface area contributed by atoms with Gasteiger partial charge in [-0.25, -0.2) is 0 Å². The van der Waals surface area contributed by atoms with E-state index in [1.54, 1.807) is 30.3 Å². The third-order valence-electron chi connectivity index (χ3n) is 3.74. The summed E-state index contributed by atoms with van der Waals surface area (Å²) in [6, 6.07) is 25.0. The Bertz CT molecular complexity index is 816. The lowest BCUT2D eigenvalue weighted by Gasteiger charge is -2.06. The maximum atomic E-state index is 12.6. The molecule has 0 fully saturated rings. The molecule has 0 aliphatic carbocycles. The van der Waals surface area contributed by atoms with Crippen molar-refractivity contribution in [3.05, 3.63) is 103 Å². The number of hydrogen-bond acceptors (Lipinski definition) is 2. The molecule has 0 heterocycles. The van der Waals surface area contributed by atoms with Crippen molar-refractivity contribution in [2.24, 2.45) is 0 Å². The molecular weight excluding hydrogens is 296 g/mol. The van der Waals surface area contributed by atoms with Gasteiger partial charge in [-0.05, 0) is 35.4 Å². The van der Waals surface area contributed by atoms with Crippen molar-refractivity contribution < 1.29 is 9.53 Å². The molecule has 3 aromatic rings. The molecule has 3 aromatic carbocycles. The monoisotopic (exact) mass is 314 g/mol. The van der Waals surface area contributed by atoms with Crippen LogP contribution in [0.2, 0.25) is 0 Å². The maximum Gasteiger partial charge on any atom is 0.193 e. The number of carbonyl (C=O) groups is 1. The van der Waals surface area contributed by atoms with Gasteiger partial charge in [-0.15, -0.1) is 0 Å². The fourth-order valence-electron chi connectivity index (χ4n) is 2.47. The van der Waals surface area contributed by atoms with Crippen molar-refractivity contribution in [2.75, 3.05) is 6.61 Å².